The summed E-state index contributed by atoms with van der Waals surface area (Å²) < 4.78 is 27.5. The third-order valence-corrected chi connectivity index (χ3v) is 6.25. The lowest BCUT2D eigenvalue weighted by Crippen LogP contribution is -2.37. The average Bonchev–Trinajstić information content (AvgIpc) is 2.69. The highest BCUT2D eigenvalue weighted by molar-refractivity contribution is 7.89. The Balaban J connectivity index is 2.11. The van der Waals surface area contributed by atoms with E-state index in [1.165, 1.54) is 36.8 Å². The van der Waals surface area contributed by atoms with Crippen molar-refractivity contribution < 1.29 is 18.6 Å². The Morgan fingerprint density at radius 2 is 1.87 bits per heavy atom. The molecule has 0 aliphatic carbocycles. The van der Waals surface area contributed by atoms with Crippen LogP contribution in [0.15, 0.2) is 58.8 Å². The molecule has 30 heavy (non-hydrogen) atoms. The van der Waals surface area contributed by atoms with Gasteiger partial charge in [0.2, 0.25) is 10.0 Å². The molecule has 3 rings (SSSR count). The molecular formula is C18H19ClN6O4S. The van der Waals surface area contributed by atoms with Crippen LogP contribution in [0.5, 0.6) is 0 Å². The molecule has 0 radical (unpaired) electrons. The molecule has 0 bridgehead atoms. The number of hydrogen-bond donors (Lipinski definition) is 4. The van der Waals surface area contributed by atoms with Crippen molar-refractivity contribution >= 4 is 44.2 Å². The molecule has 0 aliphatic heterocycles. The molecule has 0 unspecified atom stereocenters. The highest BCUT2D eigenvalue weighted by atomic mass is 35.5. The molecule has 0 fully saturated rings. The fourth-order valence-electron chi connectivity index (χ4n) is 2.82. The zero-order chi connectivity index (χ0) is 21.9. The maximum Gasteiger partial charge on any atom is 0.243 e. The maximum absolute atomic E-state index is 13.3. The highest BCUT2D eigenvalue weighted by Crippen LogP contribution is 2.32. The Kier molecular flexibility index (Phi) is 6.48. The number of nitrogens with zero attached hydrogens (tertiary/aromatic N) is 4. The van der Waals surface area contributed by atoms with Crippen LogP contribution < -0.4 is 11.5 Å². The molecule has 12 heteroatoms. The number of aliphatic imine (C=N–C) groups is 1. The summed E-state index contributed by atoms with van der Waals surface area (Å²) in [5, 5.41) is 20.0. The number of hydrogen-bond acceptors (Lipinski definition) is 7. The number of halogens is 1. The van der Waals surface area contributed by atoms with Gasteiger partial charge in [-0.25, -0.2) is 13.4 Å². The number of aliphatic hydroxyl groups excluding tert-OH is 1. The number of guanidine groups is 1. The van der Waals surface area contributed by atoms with Crippen molar-refractivity contribution in [2.75, 3.05) is 6.54 Å². The van der Waals surface area contributed by atoms with E-state index in [0.29, 0.717) is 21.4 Å². The van der Waals surface area contributed by atoms with Gasteiger partial charge < -0.3 is 21.7 Å². The predicted octanol–water partition coefficient (Wildman–Crippen LogP) is 0.690. The fraction of sp³-hybridized carbons (Fsp3) is 0.167. The van der Waals surface area contributed by atoms with Gasteiger partial charge in [-0.2, -0.15) is 9.30 Å². The van der Waals surface area contributed by atoms with Gasteiger partial charge in [-0.3, -0.25) is 4.98 Å². The van der Waals surface area contributed by atoms with Gasteiger partial charge in [-0.05, 0) is 29.8 Å². The van der Waals surface area contributed by atoms with E-state index in [9.17, 15) is 18.6 Å². The van der Waals surface area contributed by atoms with Gasteiger partial charge in [0, 0.05) is 35.9 Å². The van der Waals surface area contributed by atoms with Crippen molar-refractivity contribution in [1.29, 1.82) is 0 Å². The molecule has 1 aromatic carbocycles. The second-order valence-corrected chi connectivity index (χ2v) is 8.65. The molecule has 0 saturated heterocycles. The van der Waals surface area contributed by atoms with E-state index in [2.05, 4.69) is 15.0 Å². The van der Waals surface area contributed by atoms with Crippen molar-refractivity contribution in [3.8, 4) is 0 Å². The van der Waals surface area contributed by atoms with Crippen molar-refractivity contribution in [3.05, 3.63) is 59.5 Å². The summed E-state index contributed by atoms with van der Waals surface area (Å²) in [6.07, 6.45) is 2.52. The molecule has 6 N–H and O–H groups in total. The van der Waals surface area contributed by atoms with Crippen LogP contribution in [-0.4, -0.2) is 51.7 Å². The second kappa shape index (κ2) is 8.90. The summed E-state index contributed by atoms with van der Waals surface area (Å²) in [7, 11) is -4.13. The number of fused-ring (bicyclic) bond motifs is 1. The normalized spacial score (nSPS) is 11.9. The zero-order valence-corrected chi connectivity index (χ0v) is 17.1. The van der Waals surface area contributed by atoms with Crippen LogP contribution in [0.25, 0.3) is 10.8 Å². The highest BCUT2D eigenvalue weighted by Gasteiger charge is 2.27. The fourth-order valence-corrected chi connectivity index (χ4v) is 4.48. The van der Waals surface area contributed by atoms with Gasteiger partial charge in [-0.15, -0.1) is 0 Å². The Bertz CT molecular complexity index is 1180. The monoisotopic (exact) mass is 450 g/mol. The number of rotatable bonds is 7. The third-order valence-electron chi connectivity index (χ3n) is 4.14. The van der Waals surface area contributed by atoms with E-state index in [1.54, 1.807) is 12.1 Å². The first kappa shape index (κ1) is 21.9. The third kappa shape index (κ3) is 4.83. The summed E-state index contributed by atoms with van der Waals surface area (Å²) in [4.78, 5) is 11.8. The minimum absolute atomic E-state index is 0.0882. The van der Waals surface area contributed by atoms with Crippen LogP contribution in [0, 0.1) is 0 Å². The van der Waals surface area contributed by atoms with E-state index in [1.807, 2.05) is 0 Å². The molecule has 0 aliphatic rings. The molecule has 0 saturated carbocycles. The predicted molar refractivity (Wildman–Crippen MR) is 112 cm³/mol. The summed E-state index contributed by atoms with van der Waals surface area (Å²) in [5.41, 5.74) is 11.5. The lowest BCUT2D eigenvalue weighted by Gasteiger charge is -2.23. The van der Waals surface area contributed by atoms with E-state index in [0.717, 1.165) is 4.31 Å². The van der Waals surface area contributed by atoms with E-state index < -0.39 is 22.9 Å². The first-order valence-electron chi connectivity index (χ1n) is 8.61. The average molecular weight is 451 g/mol. The maximum atomic E-state index is 13.3. The molecular weight excluding hydrogens is 432 g/mol. The number of aromatic nitrogens is 2. The van der Waals surface area contributed by atoms with Gasteiger partial charge in [0.05, 0.1) is 16.5 Å². The quantitative estimate of drug-likeness (QED) is 0.231. The van der Waals surface area contributed by atoms with Crippen molar-refractivity contribution in [1.82, 2.24) is 14.3 Å². The summed E-state index contributed by atoms with van der Waals surface area (Å²) in [6, 6.07) is 7.49. The summed E-state index contributed by atoms with van der Waals surface area (Å²) >= 11 is 6.17. The van der Waals surface area contributed by atoms with Gasteiger partial charge in [0.15, 0.2) is 18.1 Å². The topological polar surface area (TPSA) is 168 Å². The molecule has 3 aromatic rings. The summed E-state index contributed by atoms with van der Waals surface area (Å²) in [6.45, 7) is -0.619. The summed E-state index contributed by atoms with van der Waals surface area (Å²) in [5.74, 6) is -0.142. The largest absolute Gasteiger partial charge is 0.370 e. The number of benzene rings is 1. The lowest BCUT2D eigenvalue weighted by atomic mass is 10.1. The van der Waals surface area contributed by atoms with Crippen LogP contribution in [-0.2, 0) is 16.6 Å². The van der Waals surface area contributed by atoms with Crippen molar-refractivity contribution in [3.63, 3.8) is 0 Å². The zero-order valence-electron chi connectivity index (χ0n) is 15.6. The first-order valence-corrected chi connectivity index (χ1v) is 10.4. The van der Waals surface area contributed by atoms with E-state index >= 15 is 0 Å². The molecule has 0 spiro atoms. The number of aliphatic hydroxyl groups is 2. The Labute approximate surface area is 177 Å². The smallest absolute Gasteiger partial charge is 0.243 e. The standard InChI is InChI=1S/C18H19ClN6O4S/c19-15-8-23-17(24-18(20)21)14-7-12(1-2-13(14)15)30(28,29)25(10-16(26)27)9-11-3-5-22-6-4-11/h1-8,16,26-27H,9-10H2,(H4,20,21,23,24). The van der Waals surface area contributed by atoms with Gasteiger partial charge in [0.25, 0.3) is 0 Å². The minimum atomic E-state index is -4.13. The lowest BCUT2D eigenvalue weighted by molar-refractivity contribution is -0.0501. The van der Waals surface area contributed by atoms with Gasteiger partial charge >= 0.3 is 0 Å². The number of nitrogens with two attached hydrogens (primary N) is 2. The van der Waals surface area contributed by atoms with Crippen LogP contribution in [0.4, 0.5) is 5.82 Å². The van der Waals surface area contributed by atoms with E-state index in [-0.39, 0.29) is 23.2 Å². The first-order chi connectivity index (χ1) is 14.2. The van der Waals surface area contributed by atoms with Gasteiger partial charge in [0.1, 0.15) is 0 Å². The number of sulfonamides is 1. The van der Waals surface area contributed by atoms with Crippen LogP contribution in [0.3, 0.4) is 0 Å². The van der Waals surface area contributed by atoms with Crippen LogP contribution in [0.1, 0.15) is 5.56 Å². The Hall–Kier alpha value is -2.83. The van der Waals surface area contributed by atoms with Gasteiger partial charge in [-0.1, -0.05) is 17.7 Å². The SMILES string of the molecule is NC(N)=Nc1ncc(Cl)c2ccc(S(=O)(=O)N(Cc3ccncc3)CC(O)O)cc12. The van der Waals surface area contributed by atoms with E-state index in [4.69, 9.17) is 23.1 Å². The Morgan fingerprint density at radius 1 is 1.17 bits per heavy atom. The molecule has 0 amide bonds. The molecule has 158 valence electrons. The van der Waals surface area contributed by atoms with Crippen molar-refractivity contribution in [2.24, 2.45) is 16.5 Å². The number of pyridine rings is 2. The van der Waals surface area contributed by atoms with Crippen molar-refractivity contribution in [2.45, 2.75) is 17.7 Å². The Morgan fingerprint density at radius 3 is 2.50 bits per heavy atom. The van der Waals surface area contributed by atoms with Crippen LogP contribution in [0.2, 0.25) is 5.02 Å². The molecule has 0 atom stereocenters. The molecule has 2 heterocycles. The van der Waals surface area contributed by atoms with Crippen LogP contribution >= 0.6 is 11.6 Å². The molecule has 2 aromatic heterocycles. The minimum Gasteiger partial charge on any atom is -0.370 e. The second-order valence-electron chi connectivity index (χ2n) is 6.31. The molecule has 10 nitrogen and oxygen atoms in total.